The number of nitrogens with two attached hydrogens (primary N) is 1. The van der Waals surface area contributed by atoms with Crippen molar-refractivity contribution in [1.82, 2.24) is 0 Å². The quantitative estimate of drug-likeness (QED) is 0.826. The molecule has 0 bridgehead atoms. The molecule has 0 spiro atoms. The maximum absolute atomic E-state index is 5.91. The largest absolute Gasteiger partial charge is 0.398 e. The van der Waals surface area contributed by atoms with Crippen LogP contribution in [0.2, 0.25) is 0 Å². The highest BCUT2D eigenvalue weighted by Crippen LogP contribution is 2.22. The summed E-state index contributed by atoms with van der Waals surface area (Å²) in [5.74, 6) is 0. The standard InChI is InChI=1S/C11H10BrNS/c12-9-4-3-8(11(13)7-9)6-10-2-1-5-14-10/h1-5,7H,6,13H2. The van der Waals surface area contributed by atoms with E-state index in [1.54, 1.807) is 11.3 Å². The van der Waals surface area contributed by atoms with Gasteiger partial charge in [0.1, 0.15) is 0 Å². The topological polar surface area (TPSA) is 26.0 Å². The highest BCUT2D eigenvalue weighted by atomic mass is 79.9. The number of thiophene rings is 1. The van der Waals surface area contributed by atoms with E-state index < -0.39 is 0 Å². The Hall–Kier alpha value is -0.800. The first kappa shape index (κ1) is 9.74. The summed E-state index contributed by atoms with van der Waals surface area (Å²) in [5, 5.41) is 2.09. The van der Waals surface area contributed by atoms with Gasteiger partial charge in [-0.2, -0.15) is 0 Å². The fourth-order valence-electron chi connectivity index (χ4n) is 1.33. The molecule has 1 aromatic carbocycles. The number of nitrogen functional groups attached to an aromatic ring is 1. The predicted octanol–water partition coefficient (Wildman–Crippen LogP) is 3.68. The van der Waals surface area contributed by atoms with E-state index in [0.29, 0.717) is 0 Å². The zero-order valence-corrected chi connectivity index (χ0v) is 9.94. The Kier molecular flexibility index (Phi) is 2.89. The van der Waals surface area contributed by atoms with Crippen molar-refractivity contribution in [2.75, 3.05) is 5.73 Å². The molecular weight excluding hydrogens is 258 g/mol. The maximum atomic E-state index is 5.91. The van der Waals surface area contributed by atoms with Crippen molar-refractivity contribution in [1.29, 1.82) is 0 Å². The third kappa shape index (κ3) is 2.16. The monoisotopic (exact) mass is 267 g/mol. The fraction of sp³-hybridized carbons (Fsp3) is 0.0909. The SMILES string of the molecule is Nc1cc(Br)ccc1Cc1cccs1. The minimum Gasteiger partial charge on any atom is -0.398 e. The van der Waals surface area contributed by atoms with Gasteiger partial charge in [0, 0.05) is 21.5 Å². The van der Waals surface area contributed by atoms with Crippen molar-refractivity contribution in [2.45, 2.75) is 6.42 Å². The lowest BCUT2D eigenvalue weighted by Crippen LogP contribution is -1.94. The Morgan fingerprint density at radius 2 is 2.14 bits per heavy atom. The molecule has 1 aromatic heterocycles. The van der Waals surface area contributed by atoms with Crippen LogP contribution in [0.15, 0.2) is 40.2 Å². The van der Waals surface area contributed by atoms with Gasteiger partial charge < -0.3 is 5.73 Å². The van der Waals surface area contributed by atoms with Crippen LogP contribution in [-0.2, 0) is 6.42 Å². The molecular formula is C11H10BrNS. The lowest BCUT2D eigenvalue weighted by Gasteiger charge is -2.04. The first-order valence-corrected chi connectivity index (χ1v) is 5.99. The van der Waals surface area contributed by atoms with E-state index in [1.165, 1.54) is 10.4 Å². The lowest BCUT2D eigenvalue weighted by atomic mass is 10.1. The molecule has 1 heterocycles. The van der Waals surface area contributed by atoms with E-state index in [9.17, 15) is 0 Å². The van der Waals surface area contributed by atoms with E-state index in [-0.39, 0.29) is 0 Å². The van der Waals surface area contributed by atoms with Crippen molar-refractivity contribution in [3.8, 4) is 0 Å². The molecule has 0 unspecified atom stereocenters. The normalized spacial score (nSPS) is 10.4. The highest BCUT2D eigenvalue weighted by molar-refractivity contribution is 9.10. The van der Waals surface area contributed by atoms with Gasteiger partial charge in [0.05, 0.1) is 0 Å². The number of rotatable bonds is 2. The van der Waals surface area contributed by atoms with E-state index >= 15 is 0 Å². The zero-order valence-electron chi connectivity index (χ0n) is 7.53. The van der Waals surface area contributed by atoms with Crippen LogP contribution in [0.25, 0.3) is 0 Å². The van der Waals surface area contributed by atoms with E-state index in [4.69, 9.17) is 5.73 Å². The molecule has 0 aliphatic rings. The second-order valence-corrected chi connectivity index (χ2v) is 5.05. The molecule has 2 aromatic rings. The Labute approximate surface area is 95.7 Å². The minimum absolute atomic E-state index is 0.854. The summed E-state index contributed by atoms with van der Waals surface area (Å²) in [6.45, 7) is 0. The van der Waals surface area contributed by atoms with Crippen LogP contribution >= 0.6 is 27.3 Å². The molecule has 0 saturated heterocycles. The van der Waals surface area contributed by atoms with Crippen LogP contribution in [0.4, 0.5) is 5.69 Å². The first-order chi connectivity index (χ1) is 6.75. The van der Waals surface area contributed by atoms with Gasteiger partial charge in [-0.1, -0.05) is 28.1 Å². The third-order valence-electron chi connectivity index (χ3n) is 2.05. The third-order valence-corrected chi connectivity index (χ3v) is 3.42. The molecule has 0 radical (unpaired) electrons. The Bertz CT molecular complexity index is 423. The number of hydrogen-bond donors (Lipinski definition) is 1. The minimum atomic E-state index is 0.854. The van der Waals surface area contributed by atoms with Crippen molar-refractivity contribution >= 4 is 33.0 Å². The molecule has 72 valence electrons. The van der Waals surface area contributed by atoms with Gasteiger partial charge in [-0.05, 0) is 29.1 Å². The van der Waals surface area contributed by atoms with E-state index in [0.717, 1.165) is 16.6 Å². The Morgan fingerprint density at radius 1 is 1.29 bits per heavy atom. The van der Waals surface area contributed by atoms with Crippen LogP contribution in [0, 0.1) is 0 Å². The van der Waals surface area contributed by atoms with Gasteiger partial charge in [0.25, 0.3) is 0 Å². The van der Waals surface area contributed by atoms with Crippen LogP contribution < -0.4 is 5.73 Å². The smallest absolute Gasteiger partial charge is 0.0361 e. The van der Waals surface area contributed by atoms with Crippen molar-refractivity contribution in [3.63, 3.8) is 0 Å². The molecule has 2 rings (SSSR count). The number of halogens is 1. The second-order valence-electron chi connectivity index (χ2n) is 3.10. The summed E-state index contributed by atoms with van der Waals surface area (Å²) in [6.07, 6.45) is 0.927. The number of hydrogen-bond acceptors (Lipinski definition) is 2. The van der Waals surface area contributed by atoms with Crippen LogP contribution in [-0.4, -0.2) is 0 Å². The predicted molar refractivity (Wildman–Crippen MR) is 65.7 cm³/mol. The molecule has 3 heteroatoms. The Balaban J connectivity index is 2.25. The fourth-order valence-corrected chi connectivity index (χ4v) is 2.43. The molecule has 0 aliphatic heterocycles. The summed E-state index contributed by atoms with van der Waals surface area (Å²) >= 11 is 5.16. The van der Waals surface area contributed by atoms with Crippen molar-refractivity contribution < 1.29 is 0 Å². The zero-order chi connectivity index (χ0) is 9.97. The lowest BCUT2D eigenvalue weighted by molar-refractivity contribution is 1.24. The number of anilines is 1. The number of benzene rings is 1. The molecule has 1 nitrogen and oxygen atoms in total. The summed E-state index contributed by atoms with van der Waals surface area (Å²) in [4.78, 5) is 1.35. The molecule has 2 N–H and O–H groups in total. The van der Waals surface area contributed by atoms with Gasteiger partial charge in [-0.15, -0.1) is 11.3 Å². The van der Waals surface area contributed by atoms with Crippen LogP contribution in [0.5, 0.6) is 0 Å². The summed E-state index contributed by atoms with van der Waals surface area (Å²) in [5.41, 5.74) is 7.96. The van der Waals surface area contributed by atoms with Gasteiger partial charge in [0.2, 0.25) is 0 Å². The highest BCUT2D eigenvalue weighted by Gasteiger charge is 2.01. The van der Waals surface area contributed by atoms with Gasteiger partial charge in [0.15, 0.2) is 0 Å². The van der Waals surface area contributed by atoms with Gasteiger partial charge >= 0.3 is 0 Å². The molecule has 0 fully saturated rings. The van der Waals surface area contributed by atoms with Crippen molar-refractivity contribution in [2.24, 2.45) is 0 Å². The van der Waals surface area contributed by atoms with Crippen molar-refractivity contribution in [3.05, 3.63) is 50.6 Å². The summed E-state index contributed by atoms with van der Waals surface area (Å²) < 4.78 is 1.03. The average Bonchev–Trinajstić information content (AvgIpc) is 2.62. The van der Waals surface area contributed by atoms with E-state index in [2.05, 4.69) is 39.5 Å². The average molecular weight is 268 g/mol. The molecule has 14 heavy (non-hydrogen) atoms. The maximum Gasteiger partial charge on any atom is 0.0361 e. The van der Waals surface area contributed by atoms with Crippen LogP contribution in [0.3, 0.4) is 0 Å². The van der Waals surface area contributed by atoms with Crippen LogP contribution in [0.1, 0.15) is 10.4 Å². The first-order valence-electron chi connectivity index (χ1n) is 4.32. The molecule has 0 amide bonds. The van der Waals surface area contributed by atoms with Gasteiger partial charge in [-0.25, -0.2) is 0 Å². The molecule has 0 saturated carbocycles. The van der Waals surface area contributed by atoms with Gasteiger partial charge in [-0.3, -0.25) is 0 Å². The molecule has 0 atom stereocenters. The molecule has 0 aliphatic carbocycles. The summed E-state index contributed by atoms with van der Waals surface area (Å²) in [6, 6.07) is 10.2. The van der Waals surface area contributed by atoms with E-state index in [1.807, 2.05) is 12.1 Å². The Morgan fingerprint density at radius 3 is 2.79 bits per heavy atom. The second kappa shape index (κ2) is 4.15. The summed E-state index contributed by atoms with van der Waals surface area (Å²) in [7, 11) is 0.